The third kappa shape index (κ3) is 6.70. The van der Waals surface area contributed by atoms with E-state index in [1.54, 1.807) is 36.4 Å². The van der Waals surface area contributed by atoms with Crippen LogP contribution in [0.25, 0.3) is 5.69 Å². The molecule has 2 heterocycles. The standard InChI is InChI=1S/C29H34F3N5O4/c1-18(40-3)25-24(17-34-37(25)23-6-5-15-33-16-23)35-22-13-11-19(12-14-22)26(29(30,31)32)36(2)27(38)20-7-9-21(10-8-20)28(39)41-4/h5-6,11-18,20-21,26,35H,7-10H2,1-4H3/t18-,20?,21?,26-/m0/s1. The largest absolute Gasteiger partial charge is 0.469 e. The van der Waals surface area contributed by atoms with Gasteiger partial charge < -0.3 is 19.7 Å². The number of benzene rings is 1. The van der Waals surface area contributed by atoms with Crippen LogP contribution in [0.15, 0.2) is 55.0 Å². The Hall–Kier alpha value is -3.93. The molecule has 0 saturated heterocycles. The van der Waals surface area contributed by atoms with E-state index in [0.717, 1.165) is 10.6 Å². The summed E-state index contributed by atoms with van der Waals surface area (Å²) in [6, 6.07) is 7.33. The monoisotopic (exact) mass is 573 g/mol. The van der Waals surface area contributed by atoms with Crippen molar-refractivity contribution >= 4 is 23.3 Å². The summed E-state index contributed by atoms with van der Waals surface area (Å²) < 4.78 is 54.9. The van der Waals surface area contributed by atoms with Gasteiger partial charge in [-0.2, -0.15) is 18.3 Å². The first kappa shape index (κ1) is 30.0. The number of anilines is 2. The molecule has 3 aromatic rings. The number of hydrogen-bond donors (Lipinski definition) is 1. The maximum atomic E-state index is 14.3. The van der Waals surface area contributed by atoms with Gasteiger partial charge in [-0.15, -0.1) is 0 Å². The number of rotatable bonds is 9. The van der Waals surface area contributed by atoms with Crippen LogP contribution in [0.1, 0.15) is 56.0 Å². The van der Waals surface area contributed by atoms with Crippen molar-refractivity contribution < 1.29 is 32.2 Å². The Bertz CT molecular complexity index is 1320. The van der Waals surface area contributed by atoms with Gasteiger partial charge in [-0.25, -0.2) is 4.68 Å². The number of hydrogen-bond acceptors (Lipinski definition) is 7. The minimum Gasteiger partial charge on any atom is -0.469 e. The number of carbonyl (C=O) groups excluding carboxylic acids is 2. The van der Waals surface area contributed by atoms with Crippen molar-refractivity contribution in [3.05, 3.63) is 66.2 Å². The van der Waals surface area contributed by atoms with Gasteiger partial charge in [0.2, 0.25) is 5.91 Å². The fourth-order valence-electron chi connectivity index (χ4n) is 5.34. The van der Waals surface area contributed by atoms with Crippen LogP contribution < -0.4 is 5.32 Å². The molecule has 1 amide bonds. The van der Waals surface area contributed by atoms with Crippen molar-refractivity contribution in [3.8, 4) is 5.69 Å². The molecule has 2 atom stereocenters. The lowest BCUT2D eigenvalue weighted by molar-refractivity contribution is -0.191. The number of halogens is 3. The smallest absolute Gasteiger partial charge is 0.413 e. The lowest BCUT2D eigenvalue weighted by Crippen LogP contribution is -2.43. The van der Waals surface area contributed by atoms with Gasteiger partial charge in [0.15, 0.2) is 6.04 Å². The third-order valence-electron chi connectivity index (χ3n) is 7.60. The number of alkyl halides is 3. The molecule has 0 aliphatic heterocycles. The number of nitrogens with zero attached hydrogens (tertiary/aromatic N) is 4. The number of pyridine rings is 1. The summed E-state index contributed by atoms with van der Waals surface area (Å²) >= 11 is 0. The average Bonchev–Trinajstić information content (AvgIpc) is 3.40. The second-order valence-corrected chi connectivity index (χ2v) is 10.2. The molecule has 12 heteroatoms. The Morgan fingerprint density at radius 2 is 1.71 bits per heavy atom. The highest BCUT2D eigenvalue weighted by atomic mass is 19.4. The van der Waals surface area contributed by atoms with Gasteiger partial charge in [-0.3, -0.25) is 14.6 Å². The van der Waals surface area contributed by atoms with Crippen LogP contribution in [-0.2, 0) is 19.1 Å². The van der Waals surface area contributed by atoms with Gasteiger partial charge in [-0.05, 0) is 62.4 Å². The van der Waals surface area contributed by atoms with Gasteiger partial charge in [0.1, 0.15) is 0 Å². The highest BCUT2D eigenvalue weighted by Crippen LogP contribution is 2.40. The van der Waals surface area contributed by atoms with E-state index in [1.807, 2.05) is 13.0 Å². The zero-order valence-corrected chi connectivity index (χ0v) is 23.4. The van der Waals surface area contributed by atoms with Crippen molar-refractivity contribution in [2.24, 2.45) is 11.8 Å². The van der Waals surface area contributed by atoms with E-state index in [4.69, 9.17) is 9.47 Å². The average molecular weight is 574 g/mol. The van der Waals surface area contributed by atoms with E-state index in [-0.39, 0.29) is 23.6 Å². The van der Waals surface area contributed by atoms with Crippen LogP contribution in [0, 0.1) is 11.8 Å². The van der Waals surface area contributed by atoms with Crippen LogP contribution in [0.4, 0.5) is 24.5 Å². The molecule has 2 aromatic heterocycles. The summed E-state index contributed by atoms with van der Waals surface area (Å²) in [6.07, 6.45) is 1.40. The summed E-state index contributed by atoms with van der Waals surface area (Å²) in [5, 5.41) is 7.67. The van der Waals surface area contributed by atoms with Gasteiger partial charge >= 0.3 is 12.1 Å². The number of ether oxygens (including phenoxy) is 2. The van der Waals surface area contributed by atoms with E-state index in [2.05, 4.69) is 15.4 Å². The Kier molecular flexibility index (Phi) is 9.31. The summed E-state index contributed by atoms with van der Waals surface area (Å²) in [5.74, 6) is -1.83. The van der Waals surface area contributed by atoms with Crippen molar-refractivity contribution in [1.29, 1.82) is 0 Å². The molecule has 1 aliphatic carbocycles. The molecule has 0 spiro atoms. The summed E-state index contributed by atoms with van der Waals surface area (Å²) in [7, 11) is 4.06. The van der Waals surface area contributed by atoms with E-state index in [9.17, 15) is 22.8 Å². The second kappa shape index (κ2) is 12.7. The Morgan fingerprint density at radius 1 is 1.05 bits per heavy atom. The summed E-state index contributed by atoms with van der Waals surface area (Å²) in [6.45, 7) is 1.86. The molecule has 1 saturated carbocycles. The fraction of sp³-hybridized carbons (Fsp3) is 0.448. The molecule has 0 bridgehead atoms. The molecule has 1 N–H and O–H groups in total. The first-order valence-corrected chi connectivity index (χ1v) is 13.3. The molecule has 1 aliphatic rings. The predicted octanol–water partition coefficient (Wildman–Crippen LogP) is 5.76. The zero-order valence-electron chi connectivity index (χ0n) is 23.4. The Labute approximate surface area is 236 Å². The number of esters is 1. The van der Waals surface area contributed by atoms with Crippen LogP contribution in [0.5, 0.6) is 0 Å². The van der Waals surface area contributed by atoms with Crippen molar-refractivity contribution in [2.75, 3.05) is 26.6 Å². The number of carbonyl (C=O) groups is 2. The summed E-state index contributed by atoms with van der Waals surface area (Å²) in [4.78, 5) is 29.8. The molecular weight excluding hydrogens is 539 g/mol. The van der Waals surface area contributed by atoms with Gasteiger partial charge in [0.05, 0.1) is 48.6 Å². The van der Waals surface area contributed by atoms with E-state index >= 15 is 0 Å². The Morgan fingerprint density at radius 3 is 2.27 bits per heavy atom. The first-order valence-electron chi connectivity index (χ1n) is 13.3. The molecule has 1 aromatic carbocycles. The highest BCUT2D eigenvalue weighted by molar-refractivity contribution is 5.80. The van der Waals surface area contributed by atoms with Crippen molar-refractivity contribution in [3.63, 3.8) is 0 Å². The second-order valence-electron chi connectivity index (χ2n) is 10.2. The maximum absolute atomic E-state index is 14.3. The van der Waals surface area contributed by atoms with E-state index < -0.39 is 24.0 Å². The Balaban J connectivity index is 1.52. The zero-order chi connectivity index (χ0) is 29.7. The number of aromatic nitrogens is 3. The quantitative estimate of drug-likeness (QED) is 0.325. The predicted molar refractivity (Wildman–Crippen MR) is 146 cm³/mol. The number of nitrogens with one attached hydrogen (secondary N) is 1. The van der Waals surface area contributed by atoms with Crippen LogP contribution in [-0.4, -0.2) is 59.0 Å². The minimum absolute atomic E-state index is 0.0568. The number of methoxy groups -OCH3 is 2. The molecule has 220 valence electrons. The molecule has 0 unspecified atom stereocenters. The van der Waals surface area contributed by atoms with Crippen LogP contribution >= 0.6 is 0 Å². The SMILES string of the molecule is COC(=O)C1CCC(C(=O)N(C)[C@@H](c2ccc(Nc3cnn(-c4cccnc4)c3[C@H](C)OC)cc2)C(F)(F)F)CC1. The number of amides is 1. The van der Waals surface area contributed by atoms with Crippen LogP contribution in [0.3, 0.4) is 0 Å². The van der Waals surface area contributed by atoms with E-state index in [0.29, 0.717) is 42.8 Å². The molecule has 4 rings (SSSR count). The third-order valence-corrected chi connectivity index (χ3v) is 7.60. The van der Waals surface area contributed by atoms with Crippen molar-refractivity contribution in [1.82, 2.24) is 19.7 Å². The molecular formula is C29H34F3N5O4. The van der Waals surface area contributed by atoms with E-state index in [1.165, 1.54) is 38.4 Å². The normalized spacial score (nSPS) is 18.8. The lowest BCUT2D eigenvalue weighted by atomic mass is 9.81. The molecule has 1 fully saturated rings. The fourth-order valence-corrected chi connectivity index (χ4v) is 5.34. The minimum atomic E-state index is -4.69. The topological polar surface area (TPSA) is 98.6 Å². The van der Waals surface area contributed by atoms with Gasteiger partial charge in [0.25, 0.3) is 0 Å². The van der Waals surface area contributed by atoms with Gasteiger partial charge in [0, 0.05) is 32.0 Å². The lowest BCUT2D eigenvalue weighted by Gasteiger charge is -2.35. The van der Waals surface area contributed by atoms with Crippen LogP contribution in [0.2, 0.25) is 0 Å². The van der Waals surface area contributed by atoms with Gasteiger partial charge in [-0.1, -0.05) is 12.1 Å². The molecule has 9 nitrogen and oxygen atoms in total. The first-order chi connectivity index (χ1) is 19.5. The molecule has 41 heavy (non-hydrogen) atoms. The molecule has 0 radical (unpaired) electrons. The van der Waals surface area contributed by atoms with Crippen molar-refractivity contribution in [2.45, 2.75) is 50.9 Å². The summed E-state index contributed by atoms with van der Waals surface area (Å²) in [5.41, 5.74) is 2.55. The maximum Gasteiger partial charge on any atom is 0.413 e. The highest BCUT2D eigenvalue weighted by Gasteiger charge is 2.46.